The summed E-state index contributed by atoms with van der Waals surface area (Å²) in [5.74, 6) is 2.27. The van der Waals surface area contributed by atoms with Gasteiger partial charge in [-0.05, 0) is 50.5 Å². The van der Waals surface area contributed by atoms with Crippen molar-refractivity contribution in [1.82, 2.24) is 10.3 Å². The molecule has 3 nitrogen and oxygen atoms in total. The summed E-state index contributed by atoms with van der Waals surface area (Å²) in [4.78, 5) is 7.01. The molecule has 1 heterocycles. The molecule has 0 aliphatic rings. The van der Waals surface area contributed by atoms with Crippen molar-refractivity contribution >= 4 is 17.6 Å². The van der Waals surface area contributed by atoms with E-state index >= 15 is 0 Å². The fourth-order valence-corrected chi connectivity index (χ4v) is 2.50. The van der Waals surface area contributed by atoms with E-state index < -0.39 is 0 Å². The second-order valence-electron chi connectivity index (χ2n) is 4.94. The summed E-state index contributed by atoms with van der Waals surface area (Å²) >= 11 is 1.90. The molecule has 0 amide bonds. The van der Waals surface area contributed by atoms with Gasteiger partial charge in [0.1, 0.15) is 5.82 Å². The van der Waals surface area contributed by atoms with E-state index in [0.29, 0.717) is 6.04 Å². The number of hydrogen-bond acceptors (Lipinski definition) is 4. The maximum atomic E-state index is 4.73. The Labute approximate surface area is 122 Å². The molecule has 0 bridgehead atoms. The molecule has 1 atom stereocenters. The number of rotatable bonds is 8. The summed E-state index contributed by atoms with van der Waals surface area (Å²) in [6, 6.07) is 4.85. The number of aryl methyl sites for hydroxylation is 1. The Morgan fingerprint density at radius 1 is 1.42 bits per heavy atom. The Bertz CT molecular complexity index is 382. The molecule has 0 spiro atoms. The van der Waals surface area contributed by atoms with Gasteiger partial charge in [0.15, 0.2) is 0 Å². The van der Waals surface area contributed by atoms with Crippen molar-refractivity contribution in [2.45, 2.75) is 39.8 Å². The predicted octanol–water partition coefficient (Wildman–Crippen LogP) is 3.08. The van der Waals surface area contributed by atoms with Crippen LogP contribution in [0.5, 0.6) is 0 Å². The molecule has 1 unspecified atom stereocenters. The Hall–Kier alpha value is -0.740. The number of thioether (sulfide) groups is 1. The number of anilines is 1. The van der Waals surface area contributed by atoms with E-state index in [1.54, 1.807) is 0 Å². The minimum absolute atomic E-state index is 0.527. The number of aromatic nitrogens is 1. The van der Waals surface area contributed by atoms with Gasteiger partial charge in [-0.3, -0.25) is 0 Å². The zero-order chi connectivity index (χ0) is 14.3. The molecule has 19 heavy (non-hydrogen) atoms. The Kier molecular flexibility index (Phi) is 7.24. The third-order valence-electron chi connectivity index (χ3n) is 3.51. The van der Waals surface area contributed by atoms with Crippen LogP contribution in [0.3, 0.4) is 0 Å². The van der Waals surface area contributed by atoms with E-state index in [0.717, 1.165) is 24.6 Å². The molecular formula is C15H27N3S. The SMILES string of the molecule is CCNCc1ccc(N(C)C(C)CCSC)nc1C. The molecule has 0 fully saturated rings. The highest BCUT2D eigenvalue weighted by molar-refractivity contribution is 7.98. The van der Waals surface area contributed by atoms with E-state index in [9.17, 15) is 0 Å². The van der Waals surface area contributed by atoms with Crippen LogP contribution in [0.25, 0.3) is 0 Å². The topological polar surface area (TPSA) is 28.2 Å². The summed E-state index contributed by atoms with van der Waals surface area (Å²) < 4.78 is 0. The quantitative estimate of drug-likeness (QED) is 0.792. The second kappa shape index (κ2) is 8.43. The average molecular weight is 281 g/mol. The van der Waals surface area contributed by atoms with Crippen molar-refractivity contribution in [3.05, 3.63) is 23.4 Å². The van der Waals surface area contributed by atoms with Crippen molar-refractivity contribution in [3.8, 4) is 0 Å². The molecular weight excluding hydrogens is 254 g/mol. The number of nitrogens with one attached hydrogen (secondary N) is 1. The summed E-state index contributed by atoms with van der Waals surface area (Å²) in [6.07, 6.45) is 3.35. The first-order chi connectivity index (χ1) is 9.10. The first-order valence-electron chi connectivity index (χ1n) is 6.99. The van der Waals surface area contributed by atoms with E-state index in [2.05, 4.69) is 56.4 Å². The monoisotopic (exact) mass is 281 g/mol. The Morgan fingerprint density at radius 2 is 2.16 bits per heavy atom. The molecule has 0 aromatic carbocycles. The van der Waals surface area contributed by atoms with E-state index in [1.807, 2.05) is 11.8 Å². The number of hydrogen-bond donors (Lipinski definition) is 1. The highest BCUT2D eigenvalue weighted by Gasteiger charge is 2.11. The molecule has 1 aromatic heterocycles. The van der Waals surface area contributed by atoms with Crippen molar-refractivity contribution < 1.29 is 0 Å². The van der Waals surface area contributed by atoms with Gasteiger partial charge < -0.3 is 10.2 Å². The van der Waals surface area contributed by atoms with Gasteiger partial charge in [0.2, 0.25) is 0 Å². The standard InChI is InChI=1S/C15H27N3S/c1-6-16-11-14-7-8-15(17-13(14)3)18(4)12(2)9-10-19-5/h7-8,12,16H,6,9-11H2,1-5H3. The van der Waals surface area contributed by atoms with Gasteiger partial charge in [-0.15, -0.1) is 0 Å². The van der Waals surface area contributed by atoms with Crippen LogP contribution in [0, 0.1) is 6.92 Å². The van der Waals surface area contributed by atoms with Crippen LogP contribution < -0.4 is 10.2 Å². The fourth-order valence-electron chi connectivity index (χ4n) is 1.93. The lowest BCUT2D eigenvalue weighted by Gasteiger charge is -2.26. The molecule has 0 aliphatic carbocycles. The highest BCUT2D eigenvalue weighted by Crippen LogP contribution is 2.17. The zero-order valence-electron chi connectivity index (χ0n) is 12.9. The second-order valence-corrected chi connectivity index (χ2v) is 5.92. The molecule has 0 aliphatic heterocycles. The van der Waals surface area contributed by atoms with Crippen LogP contribution in [-0.4, -0.2) is 36.6 Å². The minimum Gasteiger partial charge on any atom is -0.357 e. The minimum atomic E-state index is 0.527. The molecule has 0 radical (unpaired) electrons. The van der Waals surface area contributed by atoms with Crippen LogP contribution in [0.15, 0.2) is 12.1 Å². The normalized spacial score (nSPS) is 12.5. The summed E-state index contributed by atoms with van der Waals surface area (Å²) in [5.41, 5.74) is 2.41. The van der Waals surface area contributed by atoms with Gasteiger partial charge in [-0.25, -0.2) is 4.98 Å². The largest absolute Gasteiger partial charge is 0.357 e. The van der Waals surface area contributed by atoms with Gasteiger partial charge in [0.05, 0.1) is 0 Å². The smallest absolute Gasteiger partial charge is 0.128 e. The van der Waals surface area contributed by atoms with Crippen LogP contribution >= 0.6 is 11.8 Å². The number of nitrogens with zero attached hydrogens (tertiary/aromatic N) is 2. The Morgan fingerprint density at radius 3 is 2.74 bits per heavy atom. The summed E-state index contributed by atoms with van der Waals surface area (Å²) in [5, 5.41) is 3.35. The van der Waals surface area contributed by atoms with E-state index in [4.69, 9.17) is 4.98 Å². The van der Waals surface area contributed by atoms with Crippen LogP contribution in [0.1, 0.15) is 31.5 Å². The average Bonchev–Trinajstić information content (AvgIpc) is 2.42. The van der Waals surface area contributed by atoms with E-state index in [-0.39, 0.29) is 0 Å². The van der Waals surface area contributed by atoms with Crippen molar-refractivity contribution in [1.29, 1.82) is 0 Å². The lowest BCUT2D eigenvalue weighted by Crippen LogP contribution is -2.30. The molecule has 108 valence electrons. The summed E-state index contributed by atoms with van der Waals surface area (Å²) in [7, 11) is 2.14. The fraction of sp³-hybridized carbons (Fsp3) is 0.667. The lowest BCUT2D eigenvalue weighted by molar-refractivity contribution is 0.659. The third kappa shape index (κ3) is 5.03. The molecule has 0 saturated heterocycles. The van der Waals surface area contributed by atoms with Gasteiger partial charge in [0, 0.05) is 25.3 Å². The van der Waals surface area contributed by atoms with Crippen molar-refractivity contribution in [3.63, 3.8) is 0 Å². The van der Waals surface area contributed by atoms with E-state index in [1.165, 1.54) is 17.7 Å². The van der Waals surface area contributed by atoms with Gasteiger partial charge in [0.25, 0.3) is 0 Å². The van der Waals surface area contributed by atoms with Crippen LogP contribution in [-0.2, 0) is 6.54 Å². The molecule has 1 rings (SSSR count). The van der Waals surface area contributed by atoms with Gasteiger partial charge in [-0.2, -0.15) is 11.8 Å². The highest BCUT2D eigenvalue weighted by atomic mass is 32.2. The van der Waals surface area contributed by atoms with Crippen molar-refractivity contribution in [2.75, 3.05) is 30.5 Å². The molecule has 4 heteroatoms. The van der Waals surface area contributed by atoms with Crippen LogP contribution in [0.4, 0.5) is 5.82 Å². The predicted molar refractivity (Wildman–Crippen MR) is 87.2 cm³/mol. The number of pyridine rings is 1. The molecule has 1 aromatic rings. The maximum absolute atomic E-state index is 4.73. The maximum Gasteiger partial charge on any atom is 0.128 e. The Balaban J connectivity index is 2.70. The first-order valence-corrected chi connectivity index (χ1v) is 8.38. The first kappa shape index (κ1) is 16.3. The van der Waals surface area contributed by atoms with Gasteiger partial charge in [-0.1, -0.05) is 13.0 Å². The van der Waals surface area contributed by atoms with Crippen molar-refractivity contribution in [2.24, 2.45) is 0 Å². The lowest BCUT2D eigenvalue weighted by atomic mass is 10.2. The molecule has 1 N–H and O–H groups in total. The zero-order valence-corrected chi connectivity index (χ0v) is 13.7. The third-order valence-corrected chi connectivity index (χ3v) is 4.15. The van der Waals surface area contributed by atoms with Gasteiger partial charge >= 0.3 is 0 Å². The molecule has 0 saturated carbocycles. The van der Waals surface area contributed by atoms with Crippen LogP contribution in [0.2, 0.25) is 0 Å². The summed E-state index contributed by atoms with van der Waals surface area (Å²) in [6.45, 7) is 8.38.